The van der Waals surface area contributed by atoms with E-state index in [4.69, 9.17) is 0 Å². The van der Waals surface area contributed by atoms with E-state index >= 15 is 0 Å². The van der Waals surface area contributed by atoms with E-state index in [1.807, 2.05) is 49.1 Å². The van der Waals surface area contributed by atoms with Gasteiger partial charge in [-0.25, -0.2) is 4.79 Å². The molecule has 1 unspecified atom stereocenters. The minimum Gasteiger partial charge on any atom is -0.388 e. The molecular formula is C16H24N2O2. The van der Waals surface area contributed by atoms with Gasteiger partial charge in [-0.05, 0) is 38.2 Å². The summed E-state index contributed by atoms with van der Waals surface area (Å²) in [4.78, 5) is 13.7. The molecule has 2 amide bonds. The van der Waals surface area contributed by atoms with Crippen molar-refractivity contribution in [1.29, 1.82) is 0 Å². The molecule has 1 saturated heterocycles. The minimum absolute atomic E-state index is 0.00708. The van der Waals surface area contributed by atoms with E-state index in [1.54, 1.807) is 0 Å². The first kappa shape index (κ1) is 14.9. The summed E-state index contributed by atoms with van der Waals surface area (Å²) >= 11 is 0. The van der Waals surface area contributed by atoms with Crippen molar-refractivity contribution in [3.8, 4) is 0 Å². The highest BCUT2D eigenvalue weighted by Crippen LogP contribution is 2.30. The normalized spacial score (nSPS) is 18.1. The standard InChI is InChI=1S/C16H24N2O2/c1-12(2)17-16(20)18-10-8-14(9-11-18)15(19)13-6-4-3-5-7-13/h3-7,12,14-15,19H,8-11H2,1-2H3,(H,17,20). The van der Waals surface area contributed by atoms with E-state index in [-0.39, 0.29) is 18.0 Å². The molecule has 0 aromatic heterocycles. The van der Waals surface area contributed by atoms with E-state index in [0.29, 0.717) is 13.1 Å². The summed E-state index contributed by atoms with van der Waals surface area (Å²) in [5.41, 5.74) is 0.970. The van der Waals surface area contributed by atoms with Gasteiger partial charge in [0.25, 0.3) is 0 Å². The molecule has 0 bridgehead atoms. The molecule has 1 fully saturated rings. The van der Waals surface area contributed by atoms with Gasteiger partial charge in [0.15, 0.2) is 0 Å². The Morgan fingerprint density at radius 2 is 1.85 bits per heavy atom. The second-order valence-electron chi connectivity index (χ2n) is 5.78. The SMILES string of the molecule is CC(C)NC(=O)N1CCC(C(O)c2ccccc2)CC1. The number of nitrogens with one attached hydrogen (secondary N) is 1. The second-order valence-corrected chi connectivity index (χ2v) is 5.78. The van der Waals surface area contributed by atoms with Crippen molar-refractivity contribution in [3.05, 3.63) is 35.9 Å². The van der Waals surface area contributed by atoms with Gasteiger partial charge in [-0.1, -0.05) is 30.3 Å². The maximum atomic E-state index is 11.9. The number of benzene rings is 1. The summed E-state index contributed by atoms with van der Waals surface area (Å²) in [6, 6.07) is 9.94. The van der Waals surface area contributed by atoms with Crippen LogP contribution < -0.4 is 5.32 Å². The Balaban J connectivity index is 1.87. The van der Waals surface area contributed by atoms with Crippen LogP contribution in [0, 0.1) is 5.92 Å². The van der Waals surface area contributed by atoms with E-state index < -0.39 is 6.10 Å². The third-order valence-electron chi connectivity index (χ3n) is 3.83. The molecular weight excluding hydrogens is 252 g/mol. The van der Waals surface area contributed by atoms with Crippen molar-refractivity contribution in [2.45, 2.75) is 38.8 Å². The highest BCUT2D eigenvalue weighted by Gasteiger charge is 2.28. The van der Waals surface area contributed by atoms with Crippen LogP contribution in [0.25, 0.3) is 0 Å². The highest BCUT2D eigenvalue weighted by atomic mass is 16.3. The maximum absolute atomic E-state index is 11.9. The predicted molar refractivity (Wildman–Crippen MR) is 79.4 cm³/mol. The van der Waals surface area contributed by atoms with Crippen LogP contribution in [0.15, 0.2) is 30.3 Å². The van der Waals surface area contributed by atoms with Crippen LogP contribution in [0.2, 0.25) is 0 Å². The van der Waals surface area contributed by atoms with Gasteiger partial charge in [0.2, 0.25) is 0 Å². The van der Waals surface area contributed by atoms with Crippen LogP contribution in [-0.4, -0.2) is 35.2 Å². The molecule has 4 nitrogen and oxygen atoms in total. The Labute approximate surface area is 120 Å². The summed E-state index contributed by atoms with van der Waals surface area (Å²) in [6.07, 6.45) is 1.27. The van der Waals surface area contributed by atoms with Crippen molar-refractivity contribution in [2.75, 3.05) is 13.1 Å². The molecule has 1 heterocycles. The number of amides is 2. The number of aliphatic hydroxyl groups excluding tert-OH is 1. The smallest absolute Gasteiger partial charge is 0.317 e. The fraction of sp³-hybridized carbons (Fsp3) is 0.562. The second kappa shape index (κ2) is 6.75. The Bertz CT molecular complexity index is 425. The lowest BCUT2D eigenvalue weighted by molar-refractivity contribution is 0.0663. The van der Waals surface area contributed by atoms with Crippen LogP contribution in [0.5, 0.6) is 0 Å². The van der Waals surface area contributed by atoms with Gasteiger partial charge in [-0.15, -0.1) is 0 Å². The zero-order chi connectivity index (χ0) is 14.5. The highest BCUT2D eigenvalue weighted by molar-refractivity contribution is 5.74. The fourth-order valence-corrected chi connectivity index (χ4v) is 2.68. The average molecular weight is 276 g/mol. The van der Waals surface area contributed by atoms with Crippen LogP contribution in [0.1, 0.15) is 38.4 Å². The van der Waals surface area contributed by atoms with E-state index in [2.05, 4.69) is 5.32 Å². The molecule has 0 aliphatic carbocycles. The summed E-state index contributed by atoms with van der Waals surface area (Å²) in [5, 5.41) is 13.3. The van der Waals surface area contributed by atoms with Crippen molar-refractivity contribution in [3.63, 3.8) is 0 Å². The lowest BCUT2D eigenvalue weighted by Crippen LogP contribution is -2.47. The number of rotatable bonds is 3. The Morgan fingerprint density at radius 3 is 2.40 bits per heavy atom. The summed E-state index contributed by atoms with van der Waals surface area (Å²) in [6.45, 7) is 5.36. The predicted octanol–water partition coefficient (Wildman–Crippen LogP) is 2.55. The fourth-order valence-electron chi connectivity index (χ4n) is 2.68. The lowest BCUT2D eigenvalue weighted by atomic mass is 9.87. The molecule has 0 saturated carbocycles. The number of piperidine rings is 1. The Hall–Kier alpha value is -1.55. The molecule has 20 heavy (non-hydrogen) atoms. The first-order valence-corrected chi connectivity index (χ1v) is 7.36. The van der Waals surface area contributed by atoms with Crippen LogP contribution in [0.3, 0.4) is 0 Å². The third kappa shape index (κ3) is 3.73. The van der Waals surface area contributed by atoms with Gasteiger partial charge in [0.1, 0.15) is 0 Å². The molecule has 1 atom stereocenters. The minimum atomic E-state index is -0.425. The largest absolute Gasteiger partial charge is 0.388 e. The molecule has 2 rings (SSSR count). The molecule has 1 aliphatic heterocycles. The number of likely N-dealkylation sites (tertiary alicyclic amines) is 1. The lowest BCUT2D eigenvalue weighted by Gasteiger charge is -2.34. The molecule has 4 heteroatoms. The van der Waals surface area contributed by atoms with Crippen molar-refractivity contribution in [2.24, 2.45) is 5.92 Å². The number of hydrogen-bond acceptors (Lipinski definition) is 2. The molecule has 0 spiro atoms. The number of carbonyl (C=O) groups excluding carboxylic acids is 1. The Kier molecular flexibility index (Phi) is 5.01. The average Bonchev–Trinajstić information content (AvgIpc) is 2.47. The quantitative estimate of drug-likeness (QED) is 0.891. The van der Waals surface area contributed by atoms with Crippen molar-refractivity contribution in [1.82, 2.24) is 10.2 Å². The molecule has 1 aliphatic rings. The molecule has 0 radical (unpaired) electrons. The maximum Gasteiger partial charge on any atom is 0.317 e. The number of nitrogens with zero attached hydrogens (tertiary/aromatic N) is 1. The van der Waals surface area contributed by atoms with Gasteiger partial charge >= 0.3 is 6.03 Å². The topological polar surface area (TPSA) is 52.6 Å². The summed E-state index contributed by atoms with van der Waals surface area (Å²) in [5.74, 6) is 0.237. The molecule has 1 aromatic carbocycles. The van der Waals surface area contributed by atoms with Crippen LogP contribution >= 0.6 is 0 Å². The summed E-state index contributed by atoms with van der Waals surface area (Å²) in [7, 11) is 0. The van der Waals surface area contributed by atoms with Crippen LogP contribution in [-0.2, 0) is 0 Å². The number of hydrogen-bond donors (Lipinski definition) is 2. The van der Waals surface area contributed by atoms with Crippen molar-refractivity contribution < 1.29 is 9.90 Å². The first-order chi connectivity index (χ1) is 9.58. The van der Waals surface area contributed by atoms with Gasteiger partial charge in [0, 0.05) is 19.1 Å². The van der Waals surface area contributed by atoms with Crippen LogP contribution in [0.4, 0.5) is 4.79 Å². The zero-order valence-electron chi connectivity index (χ0n) is 12.2. The first-order valence-electron chi connectivity index (χ1n) is 7.36. The van der Waals surface area contributed by atoms with E-state index in [9.17, 15) is 9.90 Å². The molecule has 2 N–H and O–H groups in total. The summed E-state index contributed by atoms with van der Waals surface area (Å²) < 4.78 is 0. The number of carbonyl (C=O) groups is 1. The van der Waals surface area contributed by atoms with E-state index in [0.717, 1.165) is 18.4 Å². The monoisotopic (exact) mass is 276 g/mol. The molecule has 1 aromatic rings. The third-order valence-corrected chi connectivity index (χ3v) is 3.83. The Morgan fingerprint density at radius 1 is 1.25 bits per heavy atom. The van der Waals surface area contributed by atoms with Gasteiger partial charge in [-0.3, -0.25) is 0 Å². The number of aliphatic hydroxyl groups is 1. The number of urea groups is 1. The zero-order valence-corrected chi connectivity index (χ0v) is 12.2. The van der Waals surface area contributed by atoms with Gasteiger partial charge < -0.3 is 15.3 Å². The van der Waals surface area contributed by atoms with Gasteiger partial charge in [-0.2, -0.15) is 0 Å². The van der Waals surface area contributed by atoms with Crippen molar-refractivity contribution >= 4 is 6.03 Å². The van der Waals surface area contributed by atoms with Gasteiger partial charge in [0.05, 0.1) is 6.10 Å². The van der Waals surface area contributed by atoms with E-state index in [1.165, 1.54) is 0 Å². The molecule has 110 valence electrons.